The number of amides is 3. The van der Waals surface area contributed by atoms with Gasteiger partial charge < -0.3 is 42.1 Å². The SMILES string of the molecule is CC(C)C(N)C(=O)NC(Cc1ccc(O)cc1)C(=O)NC(CCC(=O)O)C(=O)NC(CCC(=O)O)C(=O)O. The highest BCUT2D eigenvalue weighted by Crippen LogP contribution is 2.12. The molecule has 0 aliphatic rings. The van der Waals surface area contributed by atoms with Gasteiger partial charge in [0.1, 0.15) is 23.9 Å². The van der Waals surface area contributed by atoms with Crippen LogP contribution in [0, 0.1) is 5.92 Å². The van der Waals surface area contributed by atoms with Gasteiger partial charge in [0.25, 0.3) is 0 Å². The fraction of sp³-hybridized carbons (Fsp3) is 0.500. The molecule has 4 unspecified atom stereocenters. The Hall–Kier alpha value is -4.20. The largest absolute Gasteiger partial charge is 0.508 e. The van der Waals surface area contributed by atoms with Crippen molar-refractivity contribution in [3.63, 3.8) is 0 Å². The summed E-state index contributed by atoms with van der Waals surface area (Å²) in [4.78, 5) is 72.0. The Morgan fingerprint density at radius 3 is 1.66 bits per heavy atom. The Labute approximate surface area is 218 Å². The van der Waals surface area contributed by atoms with Gasteiger partial charge in [-0.25, -0.2) is 4.79 Å². The van der Waals surface area contributed by atoms with Crippen molar-refractivity contribution in [2.24, 2.45) is 11.7 Å². The fourth-order valence-corrected chi connectivity index (χ4v) is 3.25. The second kappa shape index (κ2) is 15.1. The molecule has 14 heteroatoms. The van der Waals surface area contributed by atoms with Crippen molar-refractivity contribution >= 4 is 35.6 Å². The molecule has 0 heterocycles. The Morgan fingerprint density at radius 1 is 0.737 bits per heavy atom. The molecule has 0 fully saturated rings. The van der Waals surface area contributed by atoms with Crippen LogP contribution in [0.3, 0.4) is 0 Å². The zero-order valence-corrected chi connectivity index (χ0v) is 21.0. The molecule has 1 aromatic carbocycles. The van der Waals surface area contributed by atoms with Gasteiger partial charge in [0.15, 0.2) is 0 Å². The molecule has 3 amide bonds. The average molecular weight is 539 g/mol. The number of rotatable bonds is 16. The number of carbonyl (C=O) groups is 6. The van der Waals surface area contributed by atoms with E-state index in [0.29, 0.717) is 5.56 Å². The van der Waals surface area contributed by atoms with Gasteiger partial charge in [-0.2, -0.15) is 0 Å². The number of carboxylic acids is 3. The van der Waals surface area contributed by atoms with E-state index in [1.54, 1.807) is 13.8 Å². The van der Waals surface area contributed by atoms with Gasteiger partial charge in [0.05, 0.1) is 6.04 Å². The molecule has 1 rings (SSSR count). The van der Waals surface area contributed by atoms with Crippen molar-refractivity contribution in [2.75, 3.05) is 0 Å². The molecule has 0 aromatic heterocycles. The third kappa shape index (κ3) is 11.2. The average Bonchev–Trinajstić information content (AvgIpc) is 2.83. The maximum absolute atomic E-state index is 13.2. The van der Waals surface area contributed by atoms with Gasteiger partial charge in [-0.05, 0) is 36.5 Å². The van der Waals surface area contributed by atoms with Crippen LogP contribution in [-0.2, 0) is 35.2 Å². The number of hydrogen-bond acceptors (Lipinski definition) is 8. The number of aliphatic carboxylic acids is 3. The molecule has 0 saturated carbocycles. The van der Waals surface area contributed by atoms with Gasteiger partial charge >= 0.3 is 17.9 Å². The predicted octanol–water partition coefficient (Wildman–Crippen LogP) is -0.813. The molecular weight excluding hydrogens is 504 g/mol. The standard InChI is InChI=1S/C24H34N4O10/c1-12(2)20(25)23(36)28-17(11-13-3-5-14(29)6-4-13)22(35)26-15(7-9-18(30)31)21(34)27-16(24(37)38)8-10-19(32)33/h3-6,12,15-17,20,29H,7-11,25H2,1-2H3,(H,26,35)(H,27,34)(H,28,36)(H,30,31)(H,32,33)(H,37,38). The van der Waals surface area contributed by atoms with E-state index in [0.717, 1.165) is 0 Å². The Kier molecular flexibility index (Phi) is 12.7. The highest BCUT2D eigenvalue weighted by atomic mass is 16.4. The van der Waals surface area contributed by atoms with E-state index >= 15 is 0 Å². The number of nitrogens with two attached hydrogens (primary N) is 1. The number of benzene rings is 1. The molecule has 210 valence electrons. The zero-order chi connectivity index (χ0) is 29.0. The van der Waals surface area contributed by atoms with Crippen molar-refractivity contribution in [3.8, 4) is 5.75 Å². The van der Waals surface area contributed by atoms with Crippen LogP contribution in [0.15, 0.2) is 24.3 Å². The van der Waals surface area contributed by atoms with E-state index in [9.17, 15) is 39.0 Å². The Balaban J connectivity index is 3.16. The summed E-state index contributed by atoms with van der Waals surface area (Å²) >= 11 is 0. The number of carbonyl (C=O) groups excluding carboxylic acids is 3. The lowest BCUT2D eigenvalue weighted by Gasteiger charge is -2.25. The van der Waals surface area contributed by atoms with Gasteiger partial charge in [-0.1, -0.05) is 26.0 Å². The molecule has 14 nitrogen and oxygen atoms in total. The summed E-state index contributed by atoms with van der Waals surface area (Å²) in [5.41, 5.74) is 6.42. The molecule has 38 heavy (non-hydrogen) atoms. The van der Waals surface area contributed by atoms with Crippen molar-refractivity contribution in [1.29, 1.82) is 0 Å². The maximum atomic E-state index is 13.2. The molecule has 0 aliphatic heterocycles. The molecular formula is C24H34N4O10. The van der Waals surface area contributed by atoms with Crippen LogP contribution in [0.2, 0.25) is 0 Å². The summed E-state index contributed by atoms with van der Waals surface area (Å²) < 4.78 is 0. The van der Waals surface area contributed by atoms with Crippen molar-refractivity contribution in [2.45, 2.75) is 70.1 Å². The monoisotopic (exact) mass is 538 g/mol. The Bertz CT molecular complexity index is 1010. The summed E-state index contributed by atoms with van der Waals surface area (Å²) in [5, 5.41) is 43.7. The minimum atomic E-state index is -1.60. The number of phenolic OH excluding ortho intramolecular Hbond substituents is 1. The van der Waals surface area contributed by atoms with Gasteiger partial charge in [-0.15, -0.1) is 0 Å². The summed E-state index contributed by atoms with van der Waals surface area (Å²) in [7, 11) is 0. The summed E-state index contributed by atoms with van der Waals surface area (Å²) in [6, 6.07) is 0.442. The highest BCUT2D eigenvalue weighted by molar-refractivity contribution is 5.94. The van der Waals surface area contributed by atoms with Crippen LogP contribution in [0.25, 0.3) is 0 Å². The smallest absolute Gasteiger partial charge is 0.326 e. The van der Waals surface area contributed by atoms with E-state index in [2.05, 4.69) is 16.0 Å². The van der Waals surface area contributed by atoms with Crippen molar-refractivity contribution in [1.82, 2.24) is 16.0 Å². The molecule has 4 atom stereocenters. The lowest BCUT2D eigenvalue weighted by atomic mass is 10.0. The van der Waals surface area contributed by atoms with Crippen molar-refractivity contribution < 1.29 is 49.2 Å². The van der Waals surface area contributed by atoms with Crippen LogP contribution < -0.4 is 21.7 Å². The van der Waals surface area contributed by atoms with Crippen molar-refractivity contribution in [3.05, 3.63) is 29.8 Å². The van der Waals surface area contributed by atoms with E-state index in [-0.39, 0.29) is 18.1 Å². The minimum absolute atomic E-state index is 0.0260. The van der Waals surface area contributed by atoms with Crippen LogP contribution in [-0.4, -0.2) is 80.2 Å². The first-order valence-electron chi connectivity index (χ1n) is 11.8. The van der Waals surface area contributed by atoms with Gasteiger partial charge in [0.2, 0.25) is 17.7 Å². The molecule has 1 aromatic rings. The minimum Gasteiger partial charge on any atom is -0.508 e. The first-order valence-corrected chi connectivity index (χ1v) is 11.8. The summed E-state index contributed by atoms with van der Waals surface area (Å²) in [6.07, 6.45) is -2.04. The molecule has 0 aliphatic carbocycles. The zero-order valence-electron chi connectivity index (χ0n) is 21.0. The molecule has 0 saturated heterocycles. The van der Waals surface area contributed by atoms with Gasteiger partial charge in [0, 0.05) is 19.3 Å². The second-order valence-electron chi connectivity index (χ2n) is 9.03. The quantitative estimate of drug-likeness (QED) is 0.129. The first kappa shape index (κ1) is 31.8. The first-order chi connectivity index (χ1) is 17.7. The number of carboxylic acid groups (broad SMARTS) is 3. The molecule has 0 spiro atoms. The normalized spacial score (nSPS) is 14.0. The van der Waals surface area contributed by atoms with E-state index in [4.69, 9.17) is 15.9 Å². The summed E-state index contributed by atoms with van der Waals surface area (Å²) in [6.45, 7) is 3.41. The van der Waals surface area contributed by atoms with Crippen LogP contribution in [0.1, 0.15) is 45.1 Å². The lowest BCUT2D eigenvalue weighted by molar-refractivity contribution is -0.144. The summed E-state index contributed by atoms with van der Waals surface area (Å²) in [5.74, 6) is -6.92. The van der Waals surface area contributed by atoms with Gasteiger partial charge in [-0.3, -0.25) is 24.0 Å². The third-order valence-corrected chi connectivity index (χ3v) is 5.57. The van der Waals surface area contributed by atoms with Crippen LogP contribution >= 0.6 is 0 Å². The molecule has 0 radical (unpaired) electrons. The molecule has 9 N–H and O–H groups in total. The van der Waals surface area contributed by atoms with E-state index < -0.39 is 85.5 Å². The number of phenols is 1. The topological polar surface area (TPSA) is 245 Å². The fourth-order valence-electron chi connectivity index (χ4n) is 3.25. The van der Waals surface area contributed by atoms with E-state index in [1.165, 1.54) is 24.3 Å². The number of nitrogens with one attached hydrogen (secondary N) is 3. The van der Waals surface area contributed by atoms with E-state index in [1.807, 2.05) is 0 Å². The predicted molar refractivity (Wildman–Crippen MR) is 132 cm³/mol. The lowest BCUT2D eigenvalue weighted by Crippen LogP contribution is -2.58. The van der Waals surface area contributed by atoms with Crippen LogP contribution in [0.5, 0.6) is 5.75 Å². The number of hydrogen-bond donors (Lipinski definition) is 8. The molecule has 0 bridgehead atoms. The second-order valence-corrected chi connectivity index (χ2v) is 9.03. The number of aromatic hydroxyl groups is 1. The van der Waals surface area contributed by atoms with Crippen LogP contribution in [0.4, 0.5) is 0 Å². The Morgan fingerprint density at radius 2 is 1.18 bits per heavy atom. The highest BCUT2D eigenvalue weighted by Gasteiger charge is 2.31. The maximum Gasteiger partial charge on any atom is 0.326 e. The third-order valence-electron chi connectivity index (χ3n) is 5.57.